The molecule has 7 heteroatoms. The van der Waals surface area contributed by atoms with Gasteiger partial charge in [-0.15, -0.1) is 0 Å². The highest BCUT2D eigenvalue weighted by molar-refractivity contribution is 6.07. The highest BCUT2D eigenvalue weighted by atomic mass is 16.2. The van der Waals surface area contributed by atoms with E-state index in [0.717, 1.165) is 32.8 Å². The lowest BCUT2D eigenvalue weighted by Crippen LogP contribution is -2.55. The Hall–Kier alpha value is -4.13. The fourth-order valence-electron chi connectivity index (χ4n) is 5.10. The lowest BCUT2D eigenvalue weighted by atomic mass is 9.95. The van der Waals surface area contributed by atoms with Crippen LogP contribution in [-0.2, 0) is 9.59 Å². The molecule has 0 radical (unpaired) electrons. The Morgan fingerprint density at radius 1 is 0.970 bits per heavy atom. The molecule has 0 unspecified atom stereocenters. The summed E-state index contributed by atoms with van der Waals surface area (Å²) in [4.78, 5) is 42.0. The topological polar surface area (TPSA) is 94.3 Å². The molecule has 2 aliphatic heterocycles. The number of H-pyrrole nitrogens is 1. The van der Waals surface area contributed by atoms with Crippen molar-refractivity contribution in [1.29, 1.82) is 0 Å². The van der Waals surface area contributed by atoms with Crippen LogP contribution < -0.4 is 10.6 Å². The van der Waals surface area contributed by atoms with Crippen molar-refractivity contribution in [1.82, 2.24) is 20.5 Å². The van der Waals surface area contributed by atoms with Gasteiger partial charge < -0.3 is 20.5 Å². The van der Waals surface area contributed by atoms with Gasteiger partial charge in [0.15, 0.2) is 0 Å². The molecule has 0 aliphatic carbocycles. The van der Waals surface area contributed by atoms with Crippen LogP contribution in [0.25, 0.3) is 32.8 Å². The number of hydrogen-bond acceptors (Lipinski definition) is 3. The molecule has 1 aromatic heterocycles. The zero-order valence-corrected chi connectivity index (χ0v) is 17.8. The minimum Gasteiger partial charge on any atom is -0.361 e. The second-order valence-electron chi connectivity index (χ2n) is 8.67. The van der Waals surface area contributed by atoms with Crippen molar-refractivity contribution in [2.75, 3.05) is 13.1 Å². The fraction of sp³-hybridized carbons (Fsp3) is 0.192. The van der Waals surface area contributed by atoms with Crippen molar-refractivity contribution in [2.24, 2.45) is 0 Å². The fourth-order valence-corrected chi connectivity index (χ4v) is 5.10. The maximum absolute atomic E-state index is 13.0. The zero-order chi connectivity index (χ0) is 22.5. The van der Waals surface area contributed by atoms with Crippen LogP contribution in [0.15, 0.2) is 66.9 Å². The monoisotopic (exact) mass is 438 g/mol. The number of carbonyl (C=O) groups is 3. The molecule has 164 valence electrons. The van der Waals surface area contributed by atoms with Crippen molar-refractivity contribution in [3.63, 3.8) is 0 Å². The minimum atomic E-state index is -0.494. The number of benzene rings is 3. The summed E-state index contributed by atoms with van der Waals surface area (Å²) in [6, 6.07) is 19.4. The van der Waals surface area contributed by atoms with Gasteiger partial charge in [-0.1, -0.05) is 36.4 Å². The largest absolute Gasteiger partial charge is 0.361 e. The Labute approximate surface area is 189 Å². The molecule has 2 fully saturated rings. The Morgan fingerprint density at radius 3 is 2.64 bits per heavy atom. The van der Waals surface area contributed by atoms with E-state index in [-0.39, 0.29) is 30.3 Å². The Kier molecular flexibility index (Phi) is 4.43. The number of aromatic nitrogens is 1. The average Bonchev–Trinajstić information content (AvgIpc) is 3.48. The molecular weight excluding hydrogens is 416 g/mol. The first-order chi connectivity index (χ1) is 16.1. The van der Waals surface area contributed by atoms with Crippen molar-refractivity contribution in [2.45, 2.75) is 18.5 Å². The predicted molar refractivity (Wildman–Crippen MR) is 126 cm³/mol. The van der Waals surface area contributed by atoms with E-state index in [0.29, 0.717) is 18.5 Å². The van der Waals surface area contributed by atoms with Crippen molar-refractivity contribution < 1.29 is 14.4 Å². The SMILES string of the molecule is O=C(N[C@H]1C[C@H]2C(=O)NCC(=O)N2C1)c1ccc2c(-c3cccc4[nH]ccc34)cccc2c1. The molecule has 3 N–H and O–H groups in total. The molecule has 0 spiro atoms. The highest BCUT2D eigenvalue weighted by Gasteiger charge is 2.42. The Bertz CT molecular complexity index is 1420. The summed E-state index contributed by atoms with van der Waals surface area (Å²) in [6.45, 7) is 0.389. The Balaban J connectivity index is 1.28. The number of hydrogen-bond donors (Lipinski definition) is 3. The summed E-state index contributed by atoms with van der Waals surface area (Å²) in [5.74, 6) is -0.457. The first kappa shape index (κ1) is 19.5. The van der Waals surface area contributed by atoms with Crippen LogP contribution in [0.1, 0.15) is 16.8 Å². The van der Waals surface area contributed by atoms with Gasteiger partial charge in [-0.3, -0.25) is 14.4 Å². The van der Waals surface area contributed by atoms with E-state index in [1.807, 2.05) is 42.6 Å². The lowest BCUT2D eigenvalue weighted by molar-refractivity contribution is -0.143. The number of nitrogens with one attached hydrogen (secondary N) is 3. The van der Waals surface area contributed by atoms with E-state index in [9.17, 15) is 14.4 Å². The van der Waals surface area contributed by atoms with E-state index in [1.54, 1.807) is 4.90 Å². The van der Waals surface area contributed by atoms with Crippen LogP contribution in [0.2, 0.25) is 0 Å². The van der Waals surface area contributed by atoms with Gasteiger partial charge in [-0.25, -0.2) is 0 Å². The predicted octanol–water partition coefficient (Wildman–Crippen LogP) is 2.82. The first-order valence-electron chi connectivity index (χ1n) is 11.1. The molecule has 7 nitrogen and oxygen atoms in total. The average molecular weight is 438 g/mol. The molecule has 2 atom stereocenters. The third-order valence-electron chi connectivity index (χ3n) is 6.70. The lowest BCUT2D eigenvalue weighted by Gasteiger charge is -2.28. The first-order valence-corrected chi connectivity index (χ1v) is 11.1. The van der Waals surface area contributed by atoms with Crippen LogP contribution in [0, 0.1) is 0 Å². The number of fused-ring (bicyclic) bond motifs is 3. The zero-order valence-electron chi connectivity index (χ0n) is 17.8. The van der Waals surface area contributed by atoms with Gasteiger partial charge in [-0.2, -0.15) is 0 Å². The van der Waals surface area contributed by atoms with Crippen molar-refractivity contribution in [3.8, 4) is 11.1 Å². The number of nitrogens with zero attached hydrogens (tertiary/aromatic N) is 1. The van der Waals surface area contributed by atoms with Gasteiger partial charge in [0.2, 0.25) is 11.8 Å². The molecule has 33 heavy (non-hydrogen) atoms. The second-order valence-corrected chi connectivity index (χ2v) is 8.67. The van der Waals surface area contributed by atoms with E-state index in [1.165, 1.54) is 0 Å². The summed E-state index contributed by atoms with van der Waals surface area (Å²) < 4.78 is 0. The van der Waals surface area contributed by atoms with Gasteiger partial charge in [0, 0.05) is 35.2 Å². The molecule has 2 saturated heterocycles. The standard InChI is InChI=1S/C26H22N4O3/c31-24-13-28-26(33)23-12-17(14-30(23)24)29-25(32)16-7-8-18-15(11-16)3-1-4-19(18)20-5-2-6-22-21(20)9-10-27-22/h1-11,17,23,27H,12-14H2,(H,28,33)(H,29,32)/t17-,23-/m0/s1. The smallest absolute Gasteiger partial charge is 0.251 e. The number of amides is 3. The summed E-state index contributed by atoms with van der Waals surface area (Å²) in [7, 11) is 0. The van der Waals surface area contributed by atoms with E-state index < -0.39 is 6.04 Å². The van der Waals surface area contributed by atoms with E-state index in [4.69, 9.17) is 0 Å². The summed E-state index contributed by atoms with van der Waals surface area (Å²) in [5.41, 5.74) is 3.89. The van der Waals surface area contributed by atoms with Crippen LogP contribution in [0.3, 0.4) is 0 Å². The summed E-state index contributed by atoms with van der Waals surface area (Å²) in [5, 5.41) is 8.83. The van der Waals surface area contributed by atoms with Gasteiger partial charge in [0.25, 0.3) is 5.91 Å². The normalized spacial score (nSPS) is 20.2. The van der Waals surface area contributed by atoms with Crippen LogP contribution in [-0.4, -0.2) is 52.8 Å². The molecule has 3 heterocycles. The maximum atomic E-state index is 13.0. The Morgan fingerprint density at radius 2 is 1.79 bits per heavy atom. The molecule has 2 aliphatic rings. The summed E-state index contributed by atoms with van der Waals surface area (Å²) in [6.07, 6.45) is 2.37. The molecule has 3 aromatic carbocycles. The van der Waals surface area contributed by atoms with Crippen molar-refractivity contribution >= 4 is 39.4 Å². The molecule has 0 bridgehead atoms. The second kappa shape index (κ2) is 7.48. The molecule has 3 amide bonds. The molecule has 6 rings (SSSR count). The number of carbonyl (C=O) groups excluding carboxylic acids is 3. The van der Waals surface area contributed by atoms with E-state index >= 15 is 0 Å². The highest BCUT2D eigenvalue weighted by Crippen LogP contribution is 2.34. The summed E-state index contributed by atoms with van der Waals surface area (Å²) >= 11 is 0. The van der Waals surface area contributed by atoms with Gasteiger partial charge in [0.05, 0.1) is 6.54 Å². The van der Waals surface area contributed by atoms with Gasteiger partial charge >= 0.3 is 0 Å². The van der Waals surface area contributed by atoms with Crippen LogP contribution >= 0.6 is 0 Å². The van der Waals surface area contributed by atoms with Gasteiger partial charge in [0.1, 0.15) is 6.04 Å². The molecule has 4 aromatic rings. The van der Waals surface area contributed by atoms with Crippen LogP contribution in [0.5, 0.6) is 0 Å². The third-order valence-corrected chi connectivity index (χ3v) is 6.70. The number of aromatic amines is 1. The van der Waals surface area contributed by atoms with E-state index in [2.05, 4.69) is 39.9 Å². The minimum absolute atomic E-state index is 0.0273. The molecule has 0 saturated carbocycles. The number of piperazine rings is 1. The van der Waals surface area contributed by atoms with Crippen molar-refractivity contribution in [3.05, 3.63) is 72.4 Å². The molecular formula is C26H22N4O3. The maximum Gasteiger partial charge on any atom is 0.251 e. The third kappa shape index (κ3) is 3.24. The number of rotatable bonds is 3. The van der Waals surface area contributed by atoms with Gasteiger partial charge in [-0.05, 0) is 52.6 Å². The van der Waals surface area contributed by atoms with Crippen LogP contribution in [0.4, 0.5) is 0 Å². The quantitative estimate of drug-likeness (QED) is 0.459.